The molecule has 0 unspecified atom stereocenters. The molecule has 0 aliphatic heterocycles. The number of benzene rings is 1. The Kier molecular flexibility index (Phi) is 6.41. The summed E-state index contributed by atoms with van der Waals surface area (Å²) in [7, 11) is 0. The molecular weight excluding hydrogens is 358 g/mol. The number of nitrogens with one attached hydrogen (secondary N) is 2. The van der Waals surface area contributed by atoms with Gasteiger partial charge in [0.1, 0.15) is 24.7 Å². The first kappa shape index (κ1) is 19.2. The Balaban J connectivity index is 1.48. The standard InChI is InChI=1S/C21H21N3O4/c1-15(24-21(26)17-8-10-27-13-17)20(25)23-12-16-5-4-7-19(11-16)28-14-18-6-2-3-9-22-18/h2-11,13,15H,12,14H2,1H3,(H,23,25)(H,24,26)/t15-/m0/s1. The van der Waals surface area contributed by atoms with E-state index in [0.29, 0.717) is 24.5 Å². The minimum Gasteiger partial charge on any atom is -0.487 e. The molecule has 0 fully saturated rings. The van der Waals surface area contributed by atoms with Crippen LogP contribution >= 0.6 is 0 Å². The number of pyridine rings is 1. The van der Waals surface area contributed by atoms with E-state index in [2.05, 4.69) is 15.6 Å². The number of rotatable bonds is 8. The molecule has 2 aromatic heterocycles. The molecule has 0 radical (unpaired) electrons. The van der Waals surface area contributed by atoms with Crippen molar-refractivity contribution in [3.05, 3.63) is 84.1 Å². The third-order valence-electron chi connectivity index (χ3n) is 4.00. The van der Waals surface area contributed by atoms with E-state index in [4.69, 9.17) is 9.15 Å². The van der Waals surface area contributed by atoms with E-state index in [9.17, 15) is 9.59 Å². The van der Waals surface area contributed by atoms with Gasteiger partial charge in [-0.05, 0) is 42.8 Å². The normalized spacial score (nSPS) is 11.5. The van der Waals surface area contributed by atoms with Crippen LogP contribution in [-0.4, -0.2) is 22.8 Å². The highest BCUT2D eigenvalue weighted by molar-refractivity contribution is 5.97. The summed E-state index contributed by atoms with van der Waals surface area (Å²) in [6.07, 6.45) is 4.45. The third kappa shape index (κ3) is 5.44. The number of ether oxygens (including phenoxy) is 1. The van der Waals surface area contributed by atoms with Gasteiger partial charge in [-0.15, -0.1) is 0 Å². The Labute approximate surface area is 162 Å². The van der Waals surface area contributed by atoms with Crippen LogP contribution in [0.25, 0.3) is 0 Å². The molecule has 7 nitrogen and oxygen atoms in total. The number of carbonyl (C=O) groups excluding carboxylic acids is 2. The number of amides is 2. The molecule has 7 heteroatoms. The molecule has 1 aromatic carbocycles. The number of hydrogen-bond acceptors (Lipinski definition) is 5. The van der Waals surface area contributed by atoms with Crippen molar-refractivity contribution in [1.29, 1.82) is 0 Å². The van der Waals surface area contributed by atoms with Crippen LogP contribution in [0.1, 0.15) is 28.5 Å². The van der Waals surface area contributed by atoms with E-state index in [1.54, 1.807) is 13.1 Å². The maximum atomic E-state index is 12.2. The summed E-state index contributed by atoms with van der Waals surface area (Å²) >= 11 is 0. The van der Waals surface area contributed by atoms with Crippen molar-refractivity contribution < 1.29 is 18.7 Å². The highest BCUT2D eigenvalue weighted by Gasteiger charge is 2.17. The third-order valence-corrected chi connectivity index (χ3v) is 4.00. The van der Waals surface area contributed by atoms with Crippen LogP contribution in [0.5, 0.6) is 5.75 Å². The van der Waals surface area contributed by atoms with Crippen molar-refractivity contribution in [1.82, 2.24) is 15.6 Å². The van der Waals surface area contributed by atoms with Gasteiger partial charge in [-0.2, -0.15) is 0 Å². The summed E-state index contributed by atoms with van der Waals surface area (Å²) in [5, 5.41) is 5.43. The SMILES string of the molecule is C[C@H](NC(=O)c1ccoc1)C(=O)NCc1cccc(OCc2ccccn2)c1. The zero-order valence-corrected chi connectivity index (χ0v) is 15.4. The molecule has 3 aromatic rings. The second-order valence-electron chi connectivity index (χ2n) is 6.18. The molecular formula is C21H21N3O4. The van der Waals surface area contributed by atoms with Gasteiger partial charge in [0.25, 0.3) is 5.91 Å². The minimum atomic E-state index is -0.675. The smallest absolute Gasteiger partial charge is 0.255 e. The summed E-state index contributed by atoms with van der Waals surface area (Å²) in [5.41, 5.74) is 2.10. The molecule has 2 N–H and O–H groups in total. The molecule has 144 valence electrons. The van der Waals surface area contributed by atoms with Crippen LogP contribution in [0.2, 0.25) is 0 Å². The summed E-state index contributed by atoms with van der Waals surface area (Å²) in [6.45, 7) is 2.32. The monoisotopic (exact) mass is 379 g/mol. The van der Waals surface area contributed by atoms with Crippen LogP contribution in [0, 0.1) is 0 Å². The van der Waals surface area contributed by atoms with Gasteiger partial charge in [-0.1, -0.05) is 18.2 Å². The van der Waals surface area contributed by atoms with Crippen molar-refractivity contribution in [3.8, 4) is 5.75 Å². The quantitative estimate of drug-likeness (QED) is 0.628. The van der Waals surface area contributed by atoms with Crippen molar-refractivity contribution in [2.75, 3.05) is 0 Å². The van der Waals surface area contributed by atoms with E-state index >= 15 is 0 Å². The van der Waals surface area contributed by atoms with Gasteiger partial charge in [0.15, 0.2) is 0 Å². The summed E-state index contributed by atoms with van der Waals surface area (Å²) in [5.74, 6) is 0.0525. The molecule has 3 rings (SSSR count). The largest absolute Gasteiger partial charge is 0.487 e. The first-order valence-corrected chi connectivity index (χ1v) is 8.84. The summed E-state index contributed by atoms with van der Waals surface area (Å²) in [6, 6.07) is 14.0. The van der Waals surface area contributed by atoms with E-state index in [0.717, 1.165) is 11.3 Å². The zero-order chi connectivity index (χ0) is 19.8. The van der Waals surface area contributed by atoms with Gasteiger partial charge < -0.3 is 19.8 Å². The Bertz CT molecular complexity index is 910. The molecule has 2 heterocycles. The zero-order valence-electron chi connectivity index (χ0n) is 15.4. The van der Waals surface area contributed by atoms with Crippen molar-refractivity contribution in [2.24, 2.45) is 0 Å². The Morgan fingerprint density at radius 1 is 1.18 bits per heavy atom. The molecule has 0 saturated carbocycles. The number of aromatic nitrogens is 1. The Hall–Kier alpha value is -3.61. The van der Waals surface area contributed by atoms with Gasteiger partial charge in [0, 0.05) is 12.7 Å². The fraction of sp³-hybridized carbons (Fsp3) is 0.190. The molecule has 28 heavy (non-hydrogen) atoms. The molecule has 1 atom stereocenters. The van der Waals surface area contributed by atoms with Crippen LogP contribution in [0.15, 0.2) is 71.7 Å². The molecule has 0 aliphatic rings. The van der Waals surface area contributed by atoms with Crippen molar-refractivity contribution in [2.45, 2.75) is 26.1 Å². The number of nitrogens with zero attached hydrogens (tertiary/aromatic N) is 1. The number of furan rings is 1. The van der Waals surface area contributed by atoms with Crippen molar-refractivity contribution in [3.63, 3.8) is 0 Å². The maximum absolute atomic E-state index is 12.2. The predicted octanol–water partition coefficient (Wildman–Crippen LogP) is 2.69. The van der Waals surface area contributed by atoms with Gasteiger partial charge in [0.05, 0.1) is 17.5 Å². The van der Waals surface area contributed by atoms with Crippen molar-refractivity contribution >= 4 is 11.8 Å². The van der Waals surface area contributed by atoms with Gasteiger partial charge >= 0.3 is 0 Å². The molecule has 0 saturated heterocycles. The lowest BCUT2D eigenvalue weighted by molar-refractivity contribution is -0.122. The highest BCUT2D eigenvalue weighted by atomic mass is 16.5. The van der Waals surface area contributed by atoms with Crippen LogP contribution in [-0.2, 0) is 17.9 Å². The average Bonchev–Trinajstić information content (AvgIpc) is 3.26. The topological polar surface area (TPSA) is 93.5 Å². The first-order chi connectivity index (χ1) is 13.6. The fourth-order valence-electron chi connectivity index (χ4n) is 2.47. The lowest BCUT2D eigenvalue weighted by Crippen LogP contribution is -2.44. The molecule has 0 aliphatic carbocycles. The lowest BCUT2D eigenvalue weighted by atomic mass is 10.2. The van der Waals surface area contributed by atoms with E-state index in [-0.39, 0.29) is 11.8 Å². The Morgan fingerprint density at radius 2 is 2.07 bits per heavy atom. The second kappa shape index (κ2) is 9.36. The second-order valence-corrected chi connectivity index (χ2v) is 6.18. The maximum Gasteiger partial charge on any atom is 0.255 e. The number of carbonyl (C=O) groups is 2. The van der Waals surface area contributed by atoms with E-state index < -0.39 is 6.04 Å². The van der Waals surface area contributed by atoms with Crippen LogP contribution < -0.4 is 15.4 Å². The molecule has 0 bridgehead atoms. The van der Waals surface area contributed by atoms with E-state index in [1.807, 2.05) is 42.5 Å². The van der Waals surface area contributed by atoms with Gasteiger partial charge in [-0.25, -0.2) is 0 Å². The number of hydrogen-bond donors (Lipinski definition) is 2. The predicted molar refractivity (Wildman–Crippen MR) is 102 cm³/mol. The van der Waals surface area contributed by atoms with Crippen LogP contribution in [0.4, 0.5) is 0 Å². The van der Waals surface area contributed by atoms with Crippen LogP contribution in [0.3, 0.4) is 0 Å². The summed E-state index contributed by atoms with van der Waals surface area (Å²) in [4.78, 5) is 28.4. The summed E-state index contributed by atoms with van der Waals surface area (Å²) < 4.78 is 10.6. The van der Waals surface area contributed by atoms with E-state index in [1.165, 1.54) is 18.6 Å². The average molecular weight is 379 g/mol. The molecule has 0 spiro atoms. The Morgan fingerprint density at radius 3 is 2.82 bits per heavy atom. The van der Waals surface area contributed by atoms with Gasteiger partial charge in [-0.3, -0.25) is 14.6 Å². The highest BCUT2D eigenvalue weighted by Crippen LogP contribution is 2.14. The lowest BCUT2D eigenvalue weighted by Gasteiger charge is -2.14. The molecule has 2 amide bonds. The minimum absolute atomic E-state index is 0.281. The van der Waals surface area contributed by atoms with Gasteiger partial charge in [0.2, 0.25) is 5.91 Å². The fourth-order valence-corrected chi connectivity index (χ4v) is 2.47. The first-order valence-electron chi connectivity index (χ1n) is 8.84.